The third kappa shape index (κ3) is 2.59. The summed E-state index contributed by atoms with van der Waals surface area (Å²) in [5.74, 6) is 0.879. The largest absolute Gasteiger partial charge is 0.504 e. The monoisotopic (exact) mass is 436 g/mol. The molecule has 0 aromatic heterocycles. The molecule has 0 amide bonds. The van der Waals surface area contributed by atoms with Crippen LogP contribution in [0.5, 0.6) is 11.5 Å². The summed E-state index contributed by atoms with van der Waals surface area (Å²) in [6, 6.07) is 1.89. The molecule has 2 N–H and O–H groups in total. The van der Waals surface area contributed by atoms with E-state index >= 15 is 0 Å². The zero-order valence-corrected chi connectivity index (χ0v) is 21.5. The Kier molecular flexibility index (Phi) is 4.59. The summed E-state index contributed by atoms with van der Waals surface area (Å²) in [6.07, 6.45) is 13.9. The lowest BCUT2D eigenvalue weighted by molar-refractivity contribution is -0.159. The van der Waals surface area contributed by atoms with Crippen LogP contribution in [-0.4, -0.2) is 10.2 Å². The highest BCUT2D eigenvalue weighted by molar-refractivity contribution is 5.60. The van der Waals surface area contributed by atoms with Crippen LogP contribution in [0.3, 0.4) is 0 Å². The molecule has 4 aliphatic carbocycles. The summed E-state index contributed by atoms with van der Waals surface area (Å²) in [5.41, 5.74) is 6.40. The van der Waals surface area contributed by atoms with Crippen molar-refractivity contribution in [3.05, 3.63) is 34.4 Å². The minimum Gasteiger partial charge on any atom is -0.504 e. The molecule has 0 unspecified atom stereocenters. The Labute approximate surface area is 195 Å². The van der Waals surface area contributed by atoms with Gasteiger partial charge in [-0.2, -0.15) is 0 Å². The van der Waals surface area contributed by atoms with Gasteiger partial charge in [-0.3, -0.25) is 0 Å². The van der Waals surface area contributed by atoms with Gasteiger partial charge in [-0.1, -0.05) is 59.6 Å². The van der Waals surface area contributed by atoms with E-state index in [0.29, 0.717) is 16.2 Å². The van der Waals surface area contributed by atoms with Gasteiger partial charge in [-0.05, 0) is 109 Å². The van der Waals surface area contributed by atoms with Crippen molar-refractivity contribution in [1.82, 2.24) is 0 Å². The molecule has 1 aromatic rings. The molecular weight excluding hydrogens is 392 g/mol. The van der Waals surface area contributed by atoms with Gasteiger partial charge in [0.25, 0.3) is 0 Å². The van der Waals surface area contributed by atoms with E-state index in [4.69, 9.17) is 0 Å². The summed E-state index contributed by atoms with van der Waals surface area (Å²) in [5, 5.41) is 20.9. The predicted molar refractivity (Wildman–Crippen MR) is 132 cm³/mol. The molecule has 0 bridgehead atoms. The van der Waals surface area contributed by atoms with Crippen LogP contribution in [0.1, 0.15) is 110 Å². The zero-order valence-electron chi connectivity index (χ0n) is 21.5. The van der Waals surface area contributed by atoms with Gasteiger partial charge < -0.3 is 10.2 Å². The molecule has 0 spiro atoms. The normalized spacial score (nSPS) is 45.2. The maximum Gasteiger partial charge on any atom is 0.160 e. The van der Waals surface area contributed by atoms with Gasteiger partial charge in [0.05, 0.1) is 0 Å². The van der Waals surface area contributed by atoms with Crippen LogP contribution in [-0.2, 0) is 11.8 Å². The second-order valence-corrected chi connectivity index (χ2v) is 13.4. The highest BCUT2D eigenvalue weighted by Crippen LogP contribution is 2.74. The number of rotatable bonds is 1. The molecule has 0 radical (unpaired) electrons. The third-order valence-corrected chi connectivity index (χ3v) is 12.0. The molecule has 4 aliphatic rings. The van der Waals surface area contributed by atoms with Gasteiger partial charge in [0, 0.05) is 5.41 Å². The molecular formula is C30H44O2. The minimum absolute atomic E-state index is 0.0458. The average Bonchev–Trinajstić information content (AvgIpc) is 2.76. The smallest absolute Gasteiger partial charge is 0.160 e. The quantitative estimate of drug-likeness (QED) is 0.346. The van der Waals surface area contributed by atoms with Gasteiger partial charge in [0.1, 0.15) is 0 Å². The van der Waals surface area contributed by atoms with E-state index in [1.54, 1.807) is 5.57 Å². The van der Waals surface area contributed by atoms with Crippen molar-refractivity contribution in [1.29, 1.82) is 0 Å². The van der Waals surface area contributed by atoms with Crippen LogP contribution in [0.15, 0.2) is 17.7 Å². The molecule has 0 heterocycles. The number of phenolic OH excluding ortho intramolecular Hbond substituents is 2. The first-order valence-corrected chi connectivity index (χ1v) is 13.1. The van der Waals surface area contributed by atoms with Gasteiger partial charge >= 0.3 is 0 Å². The fourth-order valence-electron chi connectivity index (χ4n) is 9.09. The van der Waals surface area contributed by atoms with Crippen molar-refractivity contribution < 1.29 is 10.2 Å². The Bertz CT molecular complexity index is 1010. The van der Waals surface area contributed by atoms with Gasteiger partial charge in [-0.15, -0.1) is 0 Å². The van der Waals surface area contributed by atoms with E-state index in [2.05, 4.69) is 47.6 Å². The van der Waals surface area contributed by atoms with Crippen LogP contribution in [0.25, 0.3) is 0 Å². The van der Waals surface area contributed by atoms with Crippen molar-refractivity contribution in [2.75, 3.05) is 0 Å². The summed E-state index contributed by atoms with van der Waals surface area (Å²) < 4.78 is 0. The first kappa shape index (κ1) is 22.4. The van der Waals surface area contributed by atoms with Crippen LogP contribution in [0.4, 0.5) is 0 Å². The number of phenols is 2. The Morgan fingerprint density at radius 3 is 2.31 bits per heavy atom. The first-order valence-electron chi connectivity index (χ1n) is 13.1. The Hall–Kier alpha value is -1.44. The second-order valence-electron chi connectivity index (χ2n) is 13.4. The lowest BCUT2D eigenvalue weighted by Gasteiger charge is -2.70. The molecule has 1 aromatic carbocycles. The fraction of sp³-hybridized carbons (Fsp3) is 0.733. The predicted octanol–water partition coefficient (Wildman–Crippen LogP) is 7.97. The molecule has 2 nitrogen and oxygen atoms in total. The number of benzene rings is 1. The van der Waals surface area contributed by atoms with Crippen LogP contribution in [0.2, 0.25) is 0 Å². The van der Waals surface area contributed by atoms with Gasteiger partial charge in [0.15, 0.2) is 11.5 Å². The van der Waals surface area contributed by atoms with E-state index in [1.165, 1.54) is 56.1 Å². The lowest BCUT2D eigenvalue weighted by atomic mass is 9.34. The SMILES string of the molecule is CC[C@]1(C)CC[C@]2(C)CC[C@]3(C)C4=CCc5c(cc(O)c(O)c5C)[C@]4(C)CC[C@@]3(C)[C@@H]2C1. The molecule has 2 heteroatoms. The number of allylic oxidation sites excluding steroid dienone is 2. The number of hydrogen-bond donors (Lipinski definition) is 2. The number of fused-ring (bicyclic) bond motifs is 7. The van der Waals surface area contributed by atoms with Crippen molar-refractivity contribution in [2.24, 2.45) is 27.6 Å². The molecule has 0 aliphatic heterocycles. The second kappa shape index (κ2) is 6.57. The van der Waals surface area contributed by atoms with Crippen LogP contribution < -0.4 is 0 Å². The first-order chi connectivity index (χ1) is 14.8. The molecule has 5 rings (SSSR count). The molecule has 3 saturated carbocycles. The zero-order chi connectivity index (χ0) is 23.3. The standard InChI is InChI=1S/C30H44O2/c1-8-26(3)11-12-27(4)13-15-29(6)23-10-9-20-19(2)25(32)22(31)17-21(20)28(23,5)14-16-30(29,7)24(27)18-26/h10,17,24,31-32H,8-9,11-16,18H2,1-7H3/t24-,26-,27-,28+,29-,30+/m1/s1. The van der Waals surface area contributed by atoms with Gasteiger partial charge in [0.2, 0.25) is 0 Å². The maximum absolute atomic E-state index is 10.5. The summed E-state index contributed by atoms with van der Waals surface area (Å²) in [6.45, 7) is 17.2. The fourth-order valence-corrected chi connectivity index (χ4v) is 9.09. The maximum atomic E-state index is 10.5. The summed E-state index contributed by atoms with van der Waals surface area (Å²) in [4.78, 5) is 0. The van der Waals surface area contributed by atoms with E-state index in [9.17, 15) is 10.2 Å². The van der Waals surface area contributed by atoms with E-state index in [1.807, 2.05) is 13.0 Å². The van der Waals surface area contributed by atoms with Gasteiger partial charge in [-0.25, -0.2) is 0 Å². The van der Waals surface area contributed by atoms with Crippen molar-refractivity contribution >= 4 is 0 Å². The number of aromatic hydroxyl groups is 2. The number of hydrogen-bond acceptors (Lipinski definition) is 2. The average molecular weight is 437 g/mol. The Morgan fingerprint density at radius 2 is 1.62 bits per heavy atom. The highest BCUT2D eigenvalue weighted by Gasteiger charge is 2.66. The van der Waals surface area contributed by atoms with Crippen molar-refractivity contribution in [3.8, 4) is 11.5 Å². The molecule has 32 heavy (non-hydrogen) atoms. The van der Waals surface area contributed by atoms with Crippen molar-refractivity contribution in [3.63, 3.8) is 0 Å². The van der Waals surface area contributed by atoms with Crippen molar-refractivity contribution in [2.45, 2.75) is 112 Å². The van der Waals surface area contributed by atoms with Crippen LogP contribution in [0, 0.1) is 34.5 Å². The Morgan fingerprint density at radius 1 is 0.938 bits per heavy atom. The highest BCUT2D eigenvalue weighted by atomic mass is 16.3. The molecule has 6 atom stereocenters. The van der Waals surface area contributed by atoms with E-state index in [-0.39, 0.29) is 22.3 Å². The van der Waals surface area contributed by atoms with E-state index < -0.39 is 0 Å². The summed E-state index contributed by atoms with van der Waals surface area (Å²) in [7, 11) is 0. The molecule has 3 fully saturated rings. The third-order valence-electron chi connectivity index (χ3n) is 12.0. The molecule has 0 saturated heterocycles. The van der Waals surface area contributed by atoms with Crippen LogP contribution >= 0.6 is 0 Å². The summed E-state index contributed by atoms with van der Waals surface area (Å²) >= 11 is 0. The minimum atomic E-state index is -0.0474. The lowest BCUT2D eigenvalue weighted by Crippen LogP contribution is -2.62. The molecule has 176 valence electrons. The topological polar surface area (TPSA) is 40.5 Å². The van der Waals surface area contributed by atoms with E-state index in [0.717, 1.165) is 24.3 Å². The Balaban J connectivity index is 1.63.